The predicted octanol–water partition coefficient (Wildman–Crippen LogP) is 4.09. The number of thiazole rings is 1. The molecule has 0 aliphatic heterocycles. The number of halogens is 1. The Morgan fingerprint density at radius 3 is 2.90 bits per heavy atom. The Balaban J connectivity index is 2.04. The summed E-state index contributed by atoms with van der Waals surface area (Å²) in [6.07, 6.45) is 1.68. The van der Waals surface area contributed by atoms with Crippen LogP contribution in [0.25, 0.3) is 10.9 Å². The summed E-state index contributed by atoms with van der Waals surface area (Å²) in [4.78, 5) is 19.8. The van der Waals surface area contributed by atoms with Crippen molar-refractivity contribution in [1.82, 2.24) is 9.97 Å². The van der Waals surface area contributed by atoms with Gasteiger partial charge in [-0.2, -0.15) is 0 Å². The first-order chi connectivity index (χ1) is 10.1. The first-order valence-electron chi connectivity index (χ1n) is 6.07. The van der Waals surface area contributed by atoms with Gasteiger partial charge in [0.1, 0.15) is 4.88 Å². The lowest BCUT2D eigenvalue weighted by atomic mass is 10.2. The van der Waals surface area contributed by atoms with Crippen LogP contribution in [-0.4, -0.2) is 21.0 Å². The molecule has 0 amide bonds. The maximum atomic E-state index is 11.1. The standard InChI is InChI=1S/C14H10ClN3O2S/c1-7-12(13(19)20)21-14(17-7)18-10-5-4-9(15)8-3-2-6-16-11(8)10/h2-6H,1H3,(H,17,18)(H,19,20). The molecule has 21 heavy (non-hydrogen) atoms. The third kappa shape index (κ3) is 2.55. The fourth-order valence-electron chi connectivity index (χ4n) is 2.00. The molecule has 0 aliphatic rings. The van der Waals surface area contributed by atoms with Gasteiger partial charge in [-0.3, -0.25) is 4.98 Å². The zero-order valence-electron chi connectivity index (χ0n) is 10.9. The van der Waals surface area contributed by atoms with Crippen LogP contribution in [-0.2, 0) is 0 Å². The maximum Gasteiger partial charge on any atom is 0.347 e. The average Bonchev–Trinajstić information content (AvgIpc) is 2.83. The van der Waals surface area contributed by atoms with E-state index in [9.17, 15) is 4.79 Å². The number of nitrogens with one attached hydrogen (secondary N) is 1. The number of rotatable bonds is 3. The lowest BCUT2D eigenvalue weighted by Gasteiger charge is -2.07. The van der Waals surface area contributed by atoms with Crippen LogP contribution in [0, 0.1) is 6.92 Å². The molecule has 0 atom stereocenters. The van der Waals surface area contributed by atoms with Crippen LogP contribution in [0.5, 0.6) is 0 Å². The highest BCUT2D eigenvalue weighted by Crippen LogP contribution is 2.32. The van der Waals surface area contributed by atoms with Crippen molar-refractivity contribution in [2.45, 2.75) is 6.92 Å². The molecule has 0 saturated carbocycles. The SMILES string of the molecule is Cc1nc(Nc2ccc(Cl)c3cccnc23)sc1C(=O)O. The number of carboxylic acids is 1. The van der Waals surface area contributed by atoms with Gasteiger partial charge in [-0.1, -0.05) is 22.9 Å². The largest absolute Gasteiger partial charge is 0.477 e. The van der Waals surface area contributed by atoms with Crippen LogP contribution in [0.3, 0.4) is 0 Å². The fraction of sp³-hybridized carbons (Fsp3) is 0.0714. The number of anilines is 2. The summed E-state index contributed by atoms with van der Waals surface area (Å²) in [5, 5.41) is 14.1. The summed E-state index contributed by atoms with van der Waals surface area (Å²) in [5.74, 6) is -0.975. The maximum absolute atomic E-state index is 11.1. The van der Waals surface area contributed by atoms with Crippen LogP contribution in [0.15, 0.2) is 30.5 Å². The van der Waals surface area contributed by atoms with Crippen molar-refractivity contribution in [3.05, 3.63) is 46.1 Å². The van der Waals surface area contributed by atoms with Crippen molar-refractivity contribution in [2.75, 3.05) is 5.32 Å². The minimum absolute atomic E-state index is 0.226. The number of fused-ring (bicyclic) bond motifs is 1. The van der Waals surface area contributed by atoms with Crippen molar-refractivity contribution >= 4 is 50.6 Å². The van der Waals surface area contributed by atoms with Crippen LogP contribution < -0.4 is 5.32 Å². The average molecular weight is 320 g/mol. The Labute approximate surface area is 129 Å². The van der Waals surface area contributed by atoms with Gasteiger partial charge in [0.25, 0.3) is 0 Å². The predicted molar refractivity (Wildman–Crippen MR) is 83.8 cm³/mol. The molecule has 2 aromatic heterocycles. The van der Waals surface area contributed by atoms with Crippen molar-refractivity contribution in [2.24, 2.45) is 0 Å². The number of benzene rings is 1. The molecule has 0 spiro atoms. The highest BCUT2D eigenvalue weighted by Gasteiger charge is 2.15. The topological polar surface area (TPSA) is 75.1 Å². The smallest absolute Gasteiger partial charge is 0.347 e. The van der Waals surface area contributed by atoms with E-state index in [-0.39, 0.29) is 4.88 Å². The van der Waals surface area contributed by atoms with Crippen LogP contribution >= 0.6 is 22.9 Å². The first-order valence-corrected chi connectivity index (χ1v) is 7.26. The van der Waals surface area contributed by atoms with Crippen molar-refractivity contribution in [3.63, 3.8) is 0 Å². The van der Waals surface area contributed by atoms with E-state index < -0.39 is 5.97 Å². The van der Waals surface area contributed by atoms with E-state index in [1.165, 1.54) is 0 Å². The molecule has 1 aromatic carbocycles. The summed E-state index contributed by atoms with van der Waals surface area (Å²) in [5.41, 5.74) is 1.94. The molecule has 3 rings (SSSR count). The third-order valence-electron chi connectivity index (χ3n) is 2.95. The molecule has 0 unspecified atom stereocenters. The van der Waals surface area contributed by atoms with Gasteiger partial charge in [0.2, 0.25) is 0 Å². The van der Waals surface area contributed by atoms with E-state index in [0.717, 1.165) is 27.9 Å². The van der Waals surface area contributed by atoms with Gasteiger partial charge in [0, 0.05) is 11.6 Å². The van der Waals surface area contributed by atoms with E-state index in [4.69, 9.17) is 16.7 Å². The van der Waals surface area contributed by atoms with E-state index in [1.807, 2.05) is 12.1 Å². The molecule has 7 heteroatoms. The molecule has 2 N–H and O–H groups in total. The Kier molecular flexibility index (Phi) is 3.48. The lowest BCUT2D eigenvalue weighted by molar-refractivity contribution is 0.0701. The van der Waals surface area contributed by atoms with Gasteiger partial charge < -0.3 is 10.4 Å². The summed E-state index contributed by atoms with van der Waals surface area (Å²) in [7, 11) is 0. The normalized spacial score (nSPS) is 10.8. The fourth-order valence-corrected chi connectivity index (χ4v) is 3.04. The van der Waals surface area contributed by atoms with E-state index in [2.05, 4.69) is 15.3 Å². The number of carbonyl (C=O) groups is 1. The third-order valence-corrected chi connectivity index (χ3v) is 4.34. The van der Waals surface area contributed by atoms with E-state index >= 15 is 0 Å². The molecule has 0 radical (unpaired) electrons. The van der Waals surface area contributed by atoms with Crippen molar-refractivity contribution in [3.8, 4) is 0 Å². The molecule has 106 valence electrons. The minimum atomic E-state index is -0.975. The summed E-state index contributed by atoms with van der Waals surface area (Å²) < 4.78 is 0. The molecular weight excluding hydrogens is 310 g/mol. The molecular formula is C14H10ClN3O2S. The van der Waals surface area contributed by atoms with Gasteiger partial charge in [-0.05, 0) is 31.2 Å². The molecule has 0 fully saturated rings. The second kappa shape index (κ2) is 5.31. The number of nitrogens with zero attached hydrogens (tertiary/aromatic N) is 2. The monoisotopic (exact) mass is 319 g/mol. The van der Waals surface area contributed by atoms with E-state index in [1.54, 1.807) is 25.3 Å². The molecule has 3 aromatic rings. The number of aromatic carboxylic acids is 1. The van der Waals surface area contributed by atoms with Gasteiger partial charge in [0.15, 0.2) is 5.13 Å². The molecule has 2 heterocycles. The Morgan fingerprint density at radius 2 is 2.19 bits per heavy atom. The number of aryl methyl sites for hydroxylation is 1. The molecule has 0 saturated heterocycles. The van der Waals surface area contributed by atoms with E-state index in [0.29, 0.717) is 15.8 Å². The zero-order valence-corrected chi connectivity index (χ0v) is 12.5. The Morgan fingerprint density at radius 1 is 1.38 bits per heavy atom. The minimum Gasteiger partial charge on any atom is -0.477 e. The Bertz CT molecular complexity index is 847. The van der Waals surface area contributed by atoms with Gasteiger partial charge >= 0.3 is 5.97 Å². The van der Waals surface area contributed by atoms with Gasteiger partial charge in [-0.25, -0.2) is 9.78 Å². The second-order valence-corrected chi connectivity index (χ2v) is 5.76. The molecule has 5 nitrogen and oxygen atoms in total. The quantitative estimate of drug-likeness (QED) is 0.760. The number of hydrogen-bond acceptors (Lipinski definition) is 5. The zero-order chi connectivity index (χ0) is 15.0. The van der Waals surface area contributed by atoms with Gasteiger partial charge in [0.05, 0.1) is 21.9 Å². The van der Waals surface area contributed by atoms with Crippen molar-refractivity contribution in [1.29, 1.82) is 0 Å². The number of carboxylic acid groups (broad SMARTS) is 1. The molecule has 0 bridgehead atoms. The number of pyridine rings is 1. The van der Waals surface area contributed by atoms with Crippen LogP contribution in [0.2, 0.25) is 5.02 Å². The summed E-state index contributed by atoms with van der Waals surface area (Å²) >= 11 is 7.24. The van der Waals surface area contributed by atoms with Gasteiger partial charge in [-0.15, -0.1) is 0 Å². The number of hydrogen-bond donors (Lipinski definition) is 2. The lowest BCUT2D eigenvalue weighted by Crippen LogP contribution is -1.94. The highest BCUT2D eigenvalue weighted by molar-refractivity contribution is 7.17. The summed E-state index contributed by atoms with van der Waals surface area (Å²) in [6.45, 7) is 1.67. The van der Waals surface area contributed by atoms with Crippen LogP contribution in [0.1, 0.15) is 15.4 Å². The second-order valence-electron chi connectivity index (χ2n) is 4.36. The Hall–Kier alpha value is -2.18. The summed E-state index contributed by atoms with van der Waals surface area (Å²) in [6, 6.07) is 7.26. The van der Waals surface area contributed by atoms with Crippen molar-refractivity contribution < 1.29 is 9.90 Å². The first kappa shape index (κ1) is 13.8. The highest BCUT2D eigenvalue weighted by atomic mass is 35.5. The molecule has 0 aliphatic carbocycles. The van der Waals surface area contributed by atoms with Crippen LogP contribution in [0.4, 0.5) is 10.8 Å². The number of aromatic nitrogens is 2.